The monoisotopic (exact) mass is 317 g/mol. The Kier molecular flexibility index (Phi) is 14.0. The van der Waals surface area contributed by atoms with Gasteiger partial charge in [-0.15, -0.1) is 0 Å². The average Bonchev–Trinajstić information content (AvgIpc) is 2.67. The third kappa shape index (κ3) is 8.42. The van der Waals surface area contributed by atoms with E-state index < -0.39 is 0 Å². The van der Waals surface area contributed by atoms with Crippen molar-refractivity contribution < 1.29 is 52.8 Å². The van der Waals surface area contributed by atoms with Gasteiger partial charge in [-0.1, -0.05) is 0 Å². The van der Waals surface area contributed by atoms with Gasteiger partial charge in [0.25, 0.3) is 0 Å². The van der Waals surface area contributed by atoms with Crippen LogP contribution in [-0.2, 0) is 0 Å². The van der Waals surface area contributed by atoms with Crippen molar-refractivity contribution in [1.29, 1.82) is 0 Å². The Morgan fingerprint density at radius 2 is 0.833 bits per heavy atom. The molecule has 0 bridgehead atoms. The van der Waals surface area contributed by atoms with Crippen molar-refractivity contribution in [2.45, 2.75) is 0 Å². The SMILES string of the molecule is [Cl-].[Sm+3].c1cc[cH-]c1.c1cc[cH-]c1. The Hall–Kier alpha value is 0.328. The van der Waals surface area contributed by atoms with E-state index in [0.29, 0.717) is 0 Å². The molecule has 2 aromatic rings. The molecule has 0 aliphatic carbocycles. The van der Waals surface area contributed by atoms with Crippen LogP contribution in [0.2, 0.25) is 0 Å². The smallest absolute Gasteiger partial charge is 1.00 e. The van der Waals surface area contributed by atoms with E-state index in [0.717, 1.165) is 0 Å². The first-order chi connectivity index (χ1) is 5.00. The van der Waals surface area contributed by atoms with Crippen LogP contribution in [0.3, 0.4) is 0 Å². The second kappa shape index (κ2) is 11.3. The predicted molar refractivity (Wildman–Crippen MR) is 44.1 cm³/mol. The topological polar surface area (TPSA) is 0 Å². The Bertz CT molecular complexity index is 149. The summed E-state index contributed by atoms with van der Waals surface area (Å²) in [5, 5.41) is 0. The number of hydrogen-bond donors (Lipinski definition) is 0. The van der Waals surface area contributed by atoms with E-state index in [9.17, 15) is 0 Å². The van der Waals surface area contributed by atoms with Crippen molar-refractivity contribution in [2.24, 2.45) is 0 Å². The molecule has 0 atom stereocenters. The van der Waals surface area contributed by atoms with Gasteiger partial charge in [-0.2, -0.15) is 36.4 Å². The maximum Gasteiger partial charge on any atom is 3.00 e. The maximum absolute atomic E-state index is 2.00. The van der Waals surface area contributed by atoms with Gasteiger partial charge in [0.15, 0.2) is 0 Å². The summed E-state index contributed by atoms with van der Waals surface area (Å²) in [5.74, 6) is 0. The molecule has 2 heteroatoms. The molecule has 63 valence electrons. The van der Waals surface area contributed by atoms with Crippen molar-refractivity contribution in [3.8, 4) is 0 Å². The summed E-state index contributed by atoms with van der Waals surface area (Å²) in [6, 6.07) is 20.0. The number of rotatable bonds is 0. The molecule has 0 spiro atoms. The van der Waals surface area contributed by atoms with Crippen LogP contribution in [-0.4, -0.2) is 0 Å². The van der Waals surface area contributed by atoms with Crippen molar-refractivity contribution in [1.82, 2.24) is 0 Å². The molecule has 0 nitrogen and oxygen atoms in total. The van der Waals surface area contributed by atoms with Crippen LogP contribution >= 0.6 is 0 Å². The molecule has 0 N–H and O–H groups in total. The largest absolute Gasteiger partial charge is 3.00 e. The standard InChI is InChI=1S/2C5H5.ClH.Sm/c2*1-2-4-5-3-1;;/h2*1-5H;1H;/q2*-1;;+3/p-1. The number of hydrogen-bond acceptors (Lipinski definition) is 0. The summed E-state index contributed by atoms with van der Waals surface area (Å²) in [4.78, 5) is 0. The molecule has 0 unspecified atom stereocenters. The van der Waals surface area contributed by atoms with Gasteiger partial charge < -0.3 is 12.4 Å². The summed E-state index contributed by atoms with van der Waals surface area (Å²) < 4.78 is 0. The van der Waals surface area contributed by atoms with E-state index in [2.05, 4.69) is 0 Å². The van der Waals surface area contributed by atoms with Gasteiger partial charge in [0.05, 0.1) is 0 Å². The van der Waals surface area contributed by atoms with E-state index in [1.807, 2.05) is 60.7 Å². The molecule has 2 aromatic carbocycles. The first-order valence-electron chi connectivity index (χ1n) is 3.33. The first kappa shape index (κ1) is 14.8. The quantitative estimate of drug-likeness (QED) is 0.592. The molecule has 2 rings (SSSR count). The first-order valence-corrected chi connectivity index (χ1v) is 3.33. The van der Waals surface area contributed by atoms with E-state index in [4.69, 9.17) is 0 Å². The van der Waals surface area contributed by atoms with Crippen LogP contribution < -0.4 is 12.4 Å². The van der Waals surface area contributed by atoms with Crippen LogP contribution in [0.15, 0.2) is 60.7 Å². The van der Waals surface area contributed by atoms with Crippen molar-refractivity contribution >= 4 is 0 Å². The Balaban J connectivity index is 0. The van der Waals surface area contributed by atoms with Crippen LogP contribution in [0.5, 0.6) is 0 Å². The number of halogens is 1. The van der Waals surface area contributed by atoms with Crippen molar-refractivity contribution in [3.63, 3.8) is 0 Å². The van der Waals surface area contributed by atoms with Gasteiger partial charge in [-0.3, -0.25) is 0 Å². The second-order valence-corrected chi connectivity index (χ2v) is 1.92. The minimum atomic E-state index is 0. The van der Waals surface area contributed by atoms with Gasteiger partial charge in [0, 0.05) is 0 Å². The average molecular weight is 316 g/mol. The van der Waals surface area contributed by atoms with Gasteiger partial charge in [0.2, 0.25) is 0 Å². The van der Waals surface area contributed by atoms with Crippen LogP contribution in [0.1, 0.15) is 0 Å². The molecular formula is C10H10ClSm. The molecule has 0 saturated carbocycles. The predicted octanol–water partition coefficient (Wildman–Crippen LogP) is -0.185. The fourth-order valence-corrected chi connectivity index (χ4v) is 0.642. The molecular weight excluding hydrogens is 306 g/mol. The van der Waals surface area contributed by atoms with Crippen molar-refractivity contribution in [2.75, 3.05) is 0 Å². The molecule has 0 saturated heterocycles. The third-order valence-electron chi connectivity index (χ3n) is 1.11. The van der Waals surface area contributed by atoms with Gasteiger partial charge in [-0.25, -0.2) is 24.3 Å². The molecule has 0 aromatic heterocycles. The fraction of sp³-hybridized carbons (Fsp3) is 0. The molecule has 0 aliphatic heterocycles. The third-order valence-corrected chi connectivity index (χ3v) is 1.11. The zero-order valence-electron chi connectivity index (χ0n) is 6.56. The van der Waals surface area contributed by atoms with E-state index in [1.165, 1.54) is 0 Å². The normalized spacial score (nSPS) is 6.67. The van der Waals surface area contributed by atoms with Crippen LogP contribution in [0.25, 0.3) is 0 Å². The molecule has 0 heterocycles. The summed E-state index contributed by atoms with van der Waals surface area (Å²) in [6.07, 6.45) is 0. The Labute approximate surface area is 112 Å². The summed E-state index contributed by atoms with van der Waals surface area (Å²) in [5.41, 5.74) is 0. The summed E-state index contributed by atoms with van der Waals surface area (Å²) >= 11 is 0. The second-order valence-electron chi connectivity index (χ2n) is 1.92. The van der Waals surface area contributed by atoms with Crippen molar-refractivity contribution in [3.05, 3.63) is 60.7 Å². The van der Waals surface area contributed by atoms with E-state index in [-0.39, 0.29) is 52.8 Å². The zero-order chi connectivity index (χ0) is 7.07. The molecule has 12 heavy (non-hydrogen) atoms. The fourth-order valence-electron chi connectivity index (χ4n) is 0.642. The zero-order valence-corrected chi connectivity index (χ0v) is 9.94. The summed E-state index contributed by atoms with van der Waals surface area (Å²) in [7, 11) is 0. The molecule has 1 radical (unpaired) electrons. The minimum Gasteiger partial charge on any atom is -1.00 e. The summed E-state index contributed by atoms with van der Waals surface area (Å²) in [6.45, 7) is 0. The van der Waals surface area contributed by atoms with Crippen LogP contribution in [0.4, 0.5) is 0 Å². The van der Waals surface area contributed by atoms with Gasteiger partial charge in [0.1, 0.15) is 0 Å². The molecule has 0 aliphatic rings. The van der Waals surface area contributed by atoms with Gasteiger partial charge in [-0.05, 0) is 0 Å². The van der Waals surface area contributed by atoms with E-state index >= 15 is 0 Å². The maximum atomic E-state index is 2.00. The van der Waals surface area contributed by atoms with Gasteiger partial charge >= 0.3 is 40.4 Å². The minimum absolute atomic E-state index is 0. The molecule has 0 amide bonds. The molecule has 0 fully saturated rings. The Morgan fingerprint density at radius 3 is 0.917 bits per heavy atom. The Morgan fingerprint density at radius 1 is 0.583 bits per heavy atom. The van der Waals surface area contributed by atoms with Crippen LogP contribution in [0, 0.1) is 40.4 Å². The van der Waals surface area contributed by atoms with E-state index in [1.54, 1.807) is 0 Å².